The second kappa shape index (κ2) is 6.15. The van der Waals surface area contributed by atoms with E-state index in [1.807, 2.05) is 6.07 Å². The van der Waals surface area contributed by atoms with Crippen LogP contribution in [-0.2, 0) is 0 Å². The predicted molar refractivity (Wildman–Crippen MR) is 83.8 cm³/mol. The maximum absolute atomic E-state index is 12.4. The van der Waals surface area contributed by atoms with Crippen molar-refractivity contribution < 1.29 is 4.79 Å². The second-order valence-electron chi connectivity index (χ2n) is 4.90. The fraction of sp³-hybridized carbons (Fsp3) is 0.286. The van der Waals surface area contributed by atoms with E-state index in [-0.39, 0.29) is 17.4 Å². The van der Waals surface area contributed by atoms with E-state index >= 15 is 0 Å². The van der Waals surface area contributed by atoms with Gasteiger partial charge in [-0.25, -0.2) is 9.97 Å². The molecule has 2 aromatic heterocycles. The molecule has 22 heavy (non-hydrogen) atoms. The molecule has 2 N–H and O–H groups in total. The molecule has 1 fully saturated rings. The van der Waals surface area contributed by atoms with Crippen LogP contribution in [0.2, 0.25) is 5.02 Å². The van der Waals surface area contributed by atoms with E-state index in [4.69, 9.17) is 17.3 Å². The Morgan fingerprint density at radius 3 is 2.55 bits per heavy atom. The van der Waals surface area contributed by atoms with Crippen molar-refractivity contribution in [3.8, 4) is 0 Å². The van der Waals surface area contributed by atoms with Crippen LogP contribution in [0.3, 0.4) is 0 Å². The Bertz CT molecular complexity index is 687. The Balaban J connectivity index is 1.68. The van der Waals surface area contributed by atoms with Gasteiger partial charge in [-0.1, -0.05) is 11.6 Å². The number of carbonyl (C=O) groups is 1. The highest BCUT2D eigenvalue weighted by Crippen LogP contribution is 2.25. The SMILES string of the molecule is Nc1nccnc1C(=O)N1CCN(c2ccncc2Cl)CC1. The van der Waals surface area contributed by atoms with Crippen LogP contribution in [0.4, 0.5) is 11.5 Å². The lowest BCUT2D eigenvalue weighted by molar-refractivity contribution is 0.0741. The molecule has 1 saturated heterocycles. The van der Waals surface area contributed by atoms with E-state index in [2.05, 4.69) is 19.9 Å². The summed E-state index contributed by atoms with van der Waals surface area (Å²) in [5, 5.41) is 0.612. The first kappa shape index (κ1) is 14.5. The minimum Gasteiger partial charge on any atom is -0.382 e. The van der Waals surface area contributed by atoms with Crippen molar-refractivity contribution in [3.63, 3.8) is 0 Å². The van der Waals surface area contributed by atoms with Crippen LogP contribution in [0.5, 0.6) is 0 Å². The number of pyridine rings is 1. The third-order valence-corrected chi connectivity index (χ3v) is 3.88. The van der Waals surface area contributed by atoms with Crippen LogP contribution in [0.15, 0.2) is 30.9 Å². The molecule has 3 rings (SSSR count). The fourth-order valence-corrected chi connectivity index (χ4v) is 2.68. The highest BCUT2D eigenvalue weighted by atomic mass is 35.5. The van der Waals surface area contributed by atoms with Crippen LogP contribution in [0.1, 0.15) is 10.5 Å². The minimum atomic E-state index is -0.189. The molecule has 8 heteroatoms. The Morgan fingerprint density at radius 1 is 1.14 bits per heavy atom. The molecule has 1 aliphatic rings. The van der Waals surface area contributed by atoms with E-state index in [1.54, 1.807) is 17.3 Å². The molecule has 0 atom stereocenters. The monoisotopic (exact) mass is 318 g/mol. The van der Waals surface area contributed by atoms with Crippen molar-refractivity contribution in [2.45, 2.75) is 0 Å². The summed E-state index contributed by atoms with van der Waals surface area (Å²) in [5.74, 6) is -0.0295. The highest BCUT2D eigenvalue weighted by molar-refractivity contribution is 6.33. The molecular formula is C14H15ClN6O. The number of hydrogen-bond acceptors (Lipinski definition) is 6. The lowest BCUT2D eigenvalue weighted by Gasteiger charge is -2.36. The summed E-state index contributed by atoms with van der Waals surface area (Å²) in [7, 11) is 0. The number of nitrogens with zero attached hydrogens (tertiary/aromatic N) is 5. The molecule has 7 nitrogen and oxygen atoms in total. The number of nitrogen functional groups attached to an aromatic ring is 1. The number of hydrogen-bond donors (Lipinski definition) is 1. The van der Waals surface area contributed by atoms with Gasteiger partial charge in [-0.3, -0.25) is 9.78 Å². The Hall–Kier alpha value is -2.41. The molecule has 0 aliphatic carbocycles. The summed E-state index contributed by atoms with van der Waals surface area (Å²) in [6.07, 6.45) is 6.26. The number of halogens is 1. The topological polar surface area (TPSA) is 88.2 Å². The van der Waals surface area contributed by atoms with Gasteiger partial charge in [0.05, 0.1) is 10.7 Å². The number of aromatic nitrogens is 3. The van der Waals surface area contributed by atoms with Gasteiger partial charge in [0.1, 0.15) is 0 Å². The molecule has 1 aliphatic heterocycles. The van der Waals surface area contributed by atoms with E-state index < -0.39 is 0 Å². The summed E-state index contributed by atoms with van der Waals surface area (Å²) in [4.78, 5) is 28.2. The van der Waals surface area contributed by atoms with Gasteiger partial charge in [-0.05, 0) is 6.07 Å². The zero-order valence-corrected chi connectivity index (χ0v) is 12.6. The molecule has 0 bridgehead atoms. The molecule has 0 aromatic carbocycles. The van der Waals surface area contributed by atoms with E-state index in [1.165, 1.54) is 12.4 Å². The van der Waals surface area contributed by atoms with Gasteiger partial charge < -0.3 is 15.5 Å². The number of carbonyl (C=O) groups excluding carboxylic acids is 1. The smallest absolute Gasteiger partial charge is 0.276 e. The summed E-state index contributed by atoms with van der Waals surface area (Å²) in [6, 6.07) is 1.88. The van der Waals surface area contributed by atoms with Gasteiger partial charge in [-0.15, -0.1) is 0 Å². The maximum Gasteiger partial charge on any atom is 0.276 e. The first-order chi connectivity index (χ1) is 10.7. The molecule has 2 aromatic rings. The van der Waals surface area contributed by atoms with Gasteiger partial charge in [0, 0.05) is 51.0 Å². The first-order valence-corrected chi connectivity index (χ1v) is 7.25. The van der Waals surface area contributed by atoms with Crippen LogP contribution in [-0.4, -0.2) is 51.9 Å². The highest BCUT2D eigenvalue weighted by Gasteiger charge is 2.25. The molecule has 3 heterocycles. The largest absolute Gasteiger partial charge is 0.382 e. The Morgan fingerprint density at radius 2 is 1.86 bits per heavy atom. The minimum absolute atomic E-state index is 0.159. The van der Waals surface area contributed by atoms with Crippen molar-refractivity contribution in [2.75, 3.05) is 36.8 Å². The molecule has 0 saturated carbocycles. The van der Waals surface area contributed by atoms with Crippen LogP contribution in [0.25, 0.3) is 0 Å². The van der Waals surface area contributed by atoms with Gasteiger partial charge in [0.25, 0.3) is 5.91 Å². The van der Waals surface area contributed by atoms with Gasteiger partial charge in [0.2, 0.25) is 0 Å². The van der Waals surface area contributed by atoms with Crippen molar-refractivity contribution in [1.82, 2.24) is 19.9 Å². The standard InChI is InChI=1S/C14H15ClN6O/c15-10-9-17-2-1-11(10)20-5-7-21(8-6-20)14(22)12-13(16)19-4-3-18-12/h1-4,9H,5-8H2,(H2,16,19). The number of nitrogens with two attached hydrogens (primary N) is 1. The van der Waals surface area contributed by atoms with E-state index in [0.29, 0.717) is 31.2 Å². The normalized spacial score (nSPS) is 15.0. The van der Waals surface area contributed by atoms with Crippen LogP contribution < -0.4 is 10.6 Å². The quantitative estimate of drug-likeness (QED) is 0.891. The lowest BCUT2D eigenvalue weighted by Crippen LogP contribution is -2.49. The Labute approximate surface area is 132 Å². The average Bonchev–Trinajstić information content (AvgIpc) is 2.55. The van der Waals surface area contributed by atoms with Crippen LogP contribution >= 0.6 is 11.6 Å². The Kier molecular flexibility index (Phi) is 4.06. The summed E-state index contributed by atoms with van der Waals surface area (Å²) >= 11 is 6.15. The first-order valence-electron chi connectivity index (χ1n) is 6.87. The van der Waals surface area contributed by atoms with E-state index in [0.717, 1.165) is 5.69 Å². The third-order valence-electron chi connectivity index (χ3n) is 3.59. The third kappa shape index (κ3) is 2.80. The van der Waals surface area contributed by atoms with Crippen molar-refractivity contribution in [1.29, 1.82) is 0 Å². The molecular weight excluding hydrogens is 304 g/mol. The predicted octanol–water partition coefficient (Wildman–Crippen LogP) is 1.07. The summed E-state index contributed by atoms with van der Waals surface area (Å²) in [5.41, 5.74) is 6.85. The lowest BCUT2D eigenvalue weighted by atomic mass is 10.2. The van der Waals surface area contributed by atoms with Gasteiger partial charge in [-0.2, -0.15) is 0 Å². The van der Waals surface area contributed by atoms with Crippen LogP contribution in [0, 0.1) is 0 Å². The zero-order chi connectivity index (χ0) is 15.5. The van der Waals surface area contributed by atoms with E-state index in [9.17, 15) is 4.79 Å². The maximum atomic E-state index is 12.4. The summed E-state index contributed by atoms with van der Waals surface area (Å²) < 4.78 is 0. The van der Waals surface area contributed by atoms with Crippen molar-refractivity contribution in [3.05, 3.63) is 41.6 Å². The zero-order valence-electron chi connectivity index (χ0n) is 11.8. The average molecular weight is 319 g/mol. The molecule has 114 valence electrons. The van der Waals surface area contributed by atoms with Crippen molar-refractivity contribution in [2.24, 2.45) is 0 Å². The van der Waals surface area contributed by atoms with Gasteiger partial charge in [0.15, 0.2) is 11.5 Å². The molecule has 0 radical (unpaired) electrons. The van der Waals surface area contributed by atoms with Gasteiger partial charge >= 0.3 is 0 Å². The van der Waals surface area contributed by atoms with Crippen molar-refractivity contribution >= 4 is 29.0 Å². The molecule has 1 amide bonds. The molecule has 0 unspecified atom stereocenters. The summed E-state index contributed by atoms with van der Waals surface area (Å²) in [6.45, 7) is 2.53. The number of amides is 1. The molecule has 0 spiro atoms. The number of piperazine rings is 1. The fourth-order valence-electron chi connectivity index (χ4n) is 2.44. The second-order valence-corrected chi connectivity index (χ2v) is 5.30. The number of rotatable bonds is 2. The number of anilines is 2.